The largest absolute Gasteiger partial charge is 0.404 e. The highest BCUT2D eigenvalue weighted by Gasteiger charge is 2.61. The zero-order valence-electron chi connectivity index (χ0n) is 9.72. The second-order valence-electron chi connectivity index (χ2n) is 4.33. The molecule has 8 heteroatoms. The van der Waals surface area contributed by atoms with Crippen LogP contribution in [0, 0.1) is 5.41 Å². The molecular formula is C11H11ClF3N3O. The molecule has 0 aromatic carbocycles. The molecule has 0 saturated carbocycles. The maximum absolute atomic E-state index is 13.1. The quantitative estimate of drug-likeness (QED) is 0.822. The van der Waals surface area contributed by atoms with E-state index in [0.717, 1.165) is 0 Å². The van der Waals surface area contributed by atoms with E-state index in [1.165, 1.54) is 18.3 Å². The van der Waals surface area contributed by atoms with Crippen molar-refractivity contribution in [3.05, 3.63) is 23.5 Å². The van der Waals surface area contributed by atoms with Crippen LogP contribution in [0.4, 0.5) is 18.9 Å². The highest BCUT2D eigenvalue weighted by molar-refractivity contribution is 6.29. The van der Waals surface area contributed by atoms with Crippen molar-refractivity contribution >= 4 is 23.2 Å². The number of halogens is 4. The standard InChI is InChI=1S/C11H11ClF3N3O/c12-8-2-1-7(5-17-8)18-9(19)10(11(13,14)15)3-4-16-6-10/h1-2,5,16H,3-4,6H2,(H,18,19). The summed E-state index contributed by atoms with van der Waals surface area (Å²) in [6, 6.07) is 2.80. The van der Waals surface area contributed by atoms with E-state index in [1.807, 2.05) is 0 Å². The Morgan fingerprint density at radius 2 is 2.21 bits per heavy atom. The number of nitrogens with zero attached hydrogens (tertiary/aromatic N) is 1. The Morgan fingerprint density at radius 1 is 1.47 bits per heavy atom. The number of amides is 1. The molecule has 1 aliphatic heterocycles. The van der Waals surface area contributed by atoms with Crippen LogP contribution in [0.1, 0.15) is 6.42 Å². The molecule has 1 fully saturated rings. The Morgan fingerprint density at radius 3 is 2.68 bits per heavy atom. The molecule has 0 radical (unpaired) electrons. The van der Waals surface area contributed by atoms with E-state index in [9.17, 15) is 18.0 Å². The number of carbonyl (C=O) groups is 1. The molecule has 1 atom stereocenters. The number of pyridine rings is 1. The van der Waals surface area contributed by atoms with E-state index >= 15 is 0 Å². The Hall–Kier alpha value is -1.34. The first-order chi connectivity index (χ1) is 8.85. The third kappa shape index (κ3) is 2.66. The molecule has 19 heavy (non-hydrogen) atoms. The molecule has 2 N–H and O–H groups in total. The summed E-state index contributed by atoms with van der Waals surface area (Å²) in [6.45, 7) is -0.255. The number of rotatable bonds is 2. The van der Waals surface area contributed by atoms with Crippen molar-refractivity contribution in [2.75, 3.05) is 18.4 Å². The van der Waals surface area contributed by atoms with Gasteiger partial charge >= 0.3 is 6.18 Å². The van der Waals surface area contributed by atoms with Crippen molar-refractivity contribution in [2.24, 2.45) is 5.41 Å². The molecule has 4 nitrogen and oxygen atoms in total. The average Bonchev–Trinajstić information content (AvgIpc) is 2.82. The summed E-state index contributed by atoms with van der Waals surface area (Å²) >= 11 is 5.56. The normalized spacial score (nSPS) is 23.4. The molecule has 1 aliphatic rings. The first kappa shape index (κ1) is 14.1. The van der Waals surface area contributed by atoms with Crippen LogP contribution in [0.5, 0.6) is 0 Å². The van der Waals surface area contributed by atoms with Gasteiger partial charge in [0.1, 0.15) is 5.15 Å². The summed E-state index contributed by atoms with van der Waals surface area (Å²) in [5.74, 6) is -1.07. The minimum absolute atomic E-state index is 0.159. The molecule has 1 unspecified atom stereocenters. The molecule has 1 aromatic rings. The molecule has 1 saturated heterocycles. The summed E-state index contributed by atoms with van der Waals surface area (Å²) in [5.41, 5.74) is -2.20. The predicted molar refractivity (Wildman–Crippen MR) is 63.9 cm³/mol. The summed E-state index contributed by atoms with van der Waals surface area (Å²) in [7, 11) is 0. The monoisotopic (exact) mass is 293 g/mol. The van der Waals surface area contributed by atoms with Gasteiger partial charge in [-0.2, -0.15) is 13.2 Å². The molecule has 104 valence electrons. The van der Waals surface area contributed by atoms with Crippen molar-refractivity contribution < 1.29 is 18.0 Å². The van der Waals surface area contributed by atoms with Crippen LogP contribution in [0.15, 0.2) is 18.3 Å². The lowest BCUT2D eigenvalue weighted by Crippen LogP contribution is -2.49. The maximum atomic E-state index is 13.1. The van der Waals surface area contributed by atoms with Crippen molar-refractivity contribution in [3.63, 3.8) is 0 Å². The number of hydrogen-bond donors (Lipinski definition) is 2. The fourth-order valence-electron chi connectivity index (χ4n) is 1.96. The van der Waals surface area contributed by atoms with Crippen molar-refractivity contribution in [2.45, 2.75) is 12.6 Å². The van der Waals surface area contributed by atoms with Crippen LogP contribution < -0.4 is 10.6 Å². The summed E-state index contributed by atoms with van der Waals surface area (Å²) in [5, 5.41) is 5.02. The van der Waals surface area contributed by atoms with Gasteiger partial charge in [0.25, 0.3) is 0 Å². The summed E-state index contributed by atoms with van der Waals surface area (Å²) < 4.78 is 39.3. The van der Waals surface area contributed by atoms with Gasteiger partial charge in [-0.05, 0) is 25.1 Å². The molecule has 0 spiro atoms. The van der Waals surface area contributed by atoms with Gasteiger partial charge in [-0.1, -0.05) is 11.6 Å². The van der Waals surface area contributed by atoms with E-state index in [-0.39, 0.29) is 23.8 Å². The second-order valence-corrected chi connectivity index (χ2v) is 4.72. The average molecular weight is 294 g/mol. The smallest absolute Gasteiger partial charge is 0.324 e. The van der Waals surface area contributed by atoms with Crippen LogP contribution in [0.2, 0.25) is 5.15 Å². The number of alkyl halides is 3. The van der Waals surface area contributed by atoms with Crippen LogP contribution in [-0.2, 0) is 4.79 Å². The lowest BCUT2D eigenvalue weighted by molar-refractivity contribution is -0.213. The second kappa shape index (κ2) is 4.97. The topological polar surface area (TPSA) is 54.0 Å². The SMILES string of the molecule is O=C(Nc1ccc(Cl)nc1)C1(C(F)(F)F)CCNC1. The summed E-state index contributed by atoms with van der Waals surface area (Å²) in [6.07, 6.45) is -3.66. The van der Waals surface area contributed by atoms with Gasteiger partial charge in [0, 0.05) is 6.54 Å². The van der Waals surface area contributed by atoms with Gasteiger partial charge in [-0.3, -0.25) is 4.79 Å². The predicted octanol–water partition coefficient (Wildman–Crippen LogP) is 2.22. The van der Waals surface area contributed by atoms with Gasteiger partial charge in [0.05, 0.1) is 11.9 Å². The van der Waals surface area contributed by atoms with Crippen LogP contribution >= 0.6 is 11.6 Å². The fourth-order valence-corrected chi connectivity index (χ4v) is 2.07. The van der Waals surface area contributed by atoms with E-state index in [0.29, 0.717) is 0 Å². The summed E-state index contributed by atoms with van der Waals surface area (Å²) in [4.78, 5) is 15.6. The van der Waals surface area contributed by atoms with E-state index in [1.54, 1.807) is 0 Å². The third-order valence-electron chi connectivity index (χ3n) is 3.12. The number of anilines is 1. The van der Waals surface area contributed by atoms with Crippen LogP contribution in [-0.4, -0.2) is 30.2 Å². The zero-order chi connectivity index (χ0) is 14.1. The first-order valence-electron chi connectivity index (χ1n) is 5.56. The van der Waals surface area contributed by atoms with Gasteiger partial charge < -0.3 is 10.6 Å². The number of aromatic nitrogens is 1. The lowest BCUT2D eigenvalue weighted by atomic mass is 9.85. The molecule has 2 heterocycles. The first-order valence-corrected chi connectivity index (χ1v) is 5.93. The third-order valence-corrected chi connectivity index (χ3v) is 3.34. The Kier molecular flexibility index (Phi) is 3.69. The zero-order valence-corrected chi connectivity index (χ0v) is 10.5. The number of nitrogens with one attached hydrogen (secondary N) is 2. The van der Waals surface area contributed by atoms with Crippen molar-refractivity contribution in [1.29, 1.82) is 0 Å². The highest BCUT2D eigenvalue weighted by atomic mass is 35.5. The number of hydrogen-bond acceptors (Lipinski definition) is 3. The van der Waals surface area contributed by atoms with Gasteiger partial charge in [0.2, 0.25) is 5.91 Å². The minimum atomic E-state index is -4.60. The fraction of sp³-hybridized carbons (Fsp3) is 0.455. The molecule has 0 aliphatic carbocycles. The maximum Gasteiger partial charge on any atom is 0.404 e. The molecule has 1 aromatic heterocycles. The molecule has 0 bridgehead atoms. The Bertz CT molecular complexity index is 469. The van der Waals surface area contributed by atoms with Gasteiger partial charge in [-0.15, -0.1) is 0 Å². The van der Waals surface area contributed by atoms with Crippen LogP contribution in [0.3, 0.4) is 0 Å². The molecule has 1 amide bonds. The Labute approximate surface area is 112 Å². The van der Waals surface area contributed by atoms with E-state index in [2.05, 4.69) is 15.6 Å². The lowest BCUT2D eigenvalue weighted by Gasteiger charge is -2.29. The van der Waals surface area contributed by atoms with E-state index in [4.69, 9.17) is 11.6 Å². The number of carbonyl (C=O) groups excluding carboxylic acids is 1. The van der Waals surface area contributed by atoms with Gasteiger partial charge in [0.15, 0.2) is 5.41 Å². The van der Waals surface area contributed by atoms with Gasteiger partial charge in [-0.25, -0.2) is 4.98 Å². The van der Waals surface area contributed by atoms with E-state index < -0.39 is 24.0 Å². The Balaban J connectivity index is 2.19. The highest BCUT2D eigenvalue weighted by Crippen LogP contribution is 2.43. The minimum Gasteiger partial charge on any atom is -0.324 e. The van der Waals surface area contributed by atoms with Crippen LogP contribution in [0.25, 0.3) is 0 Å². The molecular weight excluding hydrogens is 283 g/mol. The van der Waals surface area contributed by atoms with Crippen molar-refractivity contribution in [3.8, 4) is 0 Å². The molecule has 2 rings (SSSR count). The van der Waals surface area contributed by atoms with Crippen molar-refractivity contribution in [1.82, 2.24) is 10.3 Å².